The van der Waals surface area contributed by atoms with E-state index >= 15 is 0 Å². The van der Waals surface area contributed by atoms with E-state index in [4.69, 9.17) is 0 Å². The van der Waals surface area contributed by atoms with Crippen LogP contribution in [0.3, 0.4) is 0 Å². The molecule has 0 bridgehead atoms. The normalized spacial score (nSPS) is 21.7. The molecule has 7 nitrogen and oxygen atoms in total. The highest BCUT2D eigenvalue weighted by Crippen LogP contribution is 2.35. The zero-order chi connectivity index (χ0) is 18.0. The van der Waals surface area contributed by atoms with Crippen molar-refractivity contribution < 1.29 is 9.90 Å². The smallest absolute Gasteiger partial charge is 0.330 e. The molecule has 4 rings (SSSR count). The van der Waals surface area contributed by atoms with Crippen molar-refractivity contribution in [3.63, 3.8) is 0 Å². The summed E-state index contributed by atoms with van der Waals surface area (Å²) in [6.45, 7) is 2.38. The minimum atomic E-state index is -0.865. The summed E-state index contributed by atoms with van der Waals surface area (Å²) in [4.78, 5) is 18.4. The summed E-state index contributed by atoms with van der Waals surface area (Å²) in [5.74, 6) is -0.156. The monoisotopic (exact) mass is 357 g/mol. The average molecular weight is 357 g/mol. The third-order valence-corrected chi connectivity index (χ3v) is 6.24. The third kappa shape index (κ3) is 3.16. The number of likely N-dealkylation sites (tertiary alicyclic amines) is 1. The number of hydrogen-bond acceptors (Lipinski definition) is 4. The van der Waals surface area contributed by atoms with Gasteiger partial charge in [0.25, 0.3) is 0 Å². The molecular formula is C19H27N5O2. The molecule has 0 aromatic carbocycles. The Labute approximate surface area is 153 Å². The number of rotatable bonds is 5. The van der Waals surface area contributed by atoms with E-state index in [0.717, 1.165) is 19.6 Å². The molecule has 0 amide bonds. The van der Waals surface area contributed by atoms with Gasteiger partial charge in [0.2, 0.25) is 0 Å². The molecular weight excluding hydrogens is 330 g/mol. The highest BCUT2D eigenvalue weighted by atomic mass is 16.4. The molecule has 2 N–H and O–H groups in total. The van der Waals surface area contributed by atoms with Crippen molar-refractivity contribution in [2.75, 3.05) is 13.1 Å². The van der Waals surface area contributed by atoms with Crippen molar-refractivity contribution >= 4 is 5.97 Å². The number of hydrogen-bond donors (Lipinski definition) is 2. The fourth-order valence-electron chi connectivity index (χ4n) is 4.61. The van der Waals surface area contributed by atoms with Crippen LogP contribution in [0.25, 0.3) is 0 Å². The molecule has 1 saturated carbocycles. The third-order valence-electron chi connectivity index (χ3n) is 6.24. The molecule has 1 saturated heterocycles. The van der Waals surface area contributed by atoms with Crippen LogP contribution in [-0.4, -0.2) is 48.8 Å². The molecule has 2 aromatic heterocycles. The van der Waals surface area contributed by atoms with Crippen molar-refractivity contribution in [1.29, 1.82) is 0 Å². The molecule has 1 aliphatic carbocycles. The first kappa shape index (κ1) is 17.3. The number of carbonyl (C=O) groups is 1. The lowest BCUT2D eigenvalue weighted by atomic mass is 9.85. The van der Waals surface area contributed by atoms with E-state index in [-0.39, 0.29) is 0 Å². The van der Waals surface area contributed by atoms with E-state index in [2.05, 4.69) is 20.1 Å². The van der Waals surface area contributed by atoms with Crippen LogP contribution in [0.1, 0.15) is 62.1 Å². The van der Waals surface area contributed by atoms with E-state index in [0.29, 0.717) is 18.8 Å². The molecule has 0 radical (unpaired) electrons. The fraction of sp³-hybridized carbons (Fsp3) is 0.632. The Morgan fingerprint density at radius 2 is 2.04 bits per heavy atom. The second-order valence-electron chi connectivity index (χ2n) is 7.73. The lowest BCUT2D eigenvalue weighted by Crippen LogP contribution is -2.50. The number of nitrogens with one attached hydrogen (secondary N) is 1. The maximum atomic E-state index is 12.0. The van der Waals surface area contributed by atoms with Gasteiger partial charge in [-0.1, -0.05) is 19.3 Å². The first-order chi connectivity index (χ1) is 12.7. The summed E-state index contributed by atoms with van der Waals surface area (Å²) in [6, 6.07) is 0. The van der Waals surface area contributed by atoms with Gasteiger partial charge < -0.3 is 9.67 Å². The van der Waals surface area contributed by atoms with E-state index in [1.807, 2.05) is 6.20 Å². The van der Waals surface area contributed by atoms with Crippen molar-refractivity contribution in [1.82, 2.24) is 24.6 Å². The summed E-state index contributed by atoms with van der Waals surface area (Å²) in [5, 5.41) is 17.4. The van der Waals surface area contributed by atoms with Gasteiger partial charge in [-0.3, -0.25) is 10.00 Å². The number of nitrogens with zero attached hydrogens (tertiary/aromatic N) is 4. The number of aromatic amines is 1. The van der Waals surface area contributed by atoms with E-state index in [1.54, 1.807) is 23.3 Å². The summed E-state index contributed by atoms with van der Waals surface area (Å²) < 4.78 is 1.76. The maximum Gasteiger partial charge on any atom is 0.330 e. The van der Waals surface area contributed by atoms with Crippen LogP contribution in [0.15, 0.2) is 24.9 Å². The summed E-state index contributed by atoms with van der Waals surface area (Å²) in [6.07, 6.45) is 14.6. The predicted molar refractivity (Wildman–Crippen MR) is 96.8 cm³/mol. The van der Waals surface area contributed by atoms with Crippen molar-refractivity contribution in [2.45, 2.75) is 62.9 Å². The average Bonchev–Trinajstić information content (AvgIpc) is 3.35. The maximum absolute atomic E-state index is 12.0. The summed E-state index contributed by atoms with van der Waals surface area (Å²) in [5.41, 5.74) is 1.71. The van der Waals surface area contributed by atoms with Crippen LogP contribution in [-0.2, 0) is 16.9 Å². The van der Waals surface area contributed by atoms with Crippen LogP contribution < -0.4 is 0 Å². The molecule has 0 spiro atoms. The largest absolute Gasteiger partial charge is 0.479 e. The highest BCUT2D eigenvalue weighted by Gasteiger charge is 2.43. The van der Waals surface area contributed by atoms with E-state index in [1.165, 1.54) is 43.4 Å². The summed E-state index contributed by atoms with van der Waals surface area (Å²) >= 11 is 0. The van der Waals surface area contributed by atoms with Gasteiger partial charge in [-0.2, -0.15) is 5.10 Å². The second-order valence-corrected chi connectivity index (χ2v) is 7.73. The van der Waals surface area contributed by atoms with Crippen LogP contribution in [0.2, 0.25) is 0 Å². The number of carboxylic acids is 1. The van der Waals surface area contributed by atoms with Gasteiger partial charge in [-0.25, -0.2) is 9.78 Å². The fourth-order valence-corrected chi connectivity index (χ4v) is 4.61. The van der Waals surface area contributed by atoms with E-state index < -0.39 is 11.5 Å². The SMILES string of the molecule is O=C(O)C1(n2ccnc2)CCN(Cc2cn[nH]c2C2CCCCC2)CC1. The van der Waals surface area contributed by atoms with Gasteiger partial charge in [-0.05, 0) is 25.7 Å². The molecule has 2 aromatic rings. The van der Waals surface area contributed by atoms with Crippen LogP contribution in [0.4, 0.5) is 0 Å². The standard InChI is InChI=1S/C19H27N5O2/c25-18(26)19(24-11-8-20-14-24)6-9-23(10-7-19)13-16-12-21-22-17(16)15-4-2-1-3-5-15/h8,11-12,14-15H,1-7,9-10,13H2,(H,21,22)(H,25,26). The minimum absolute atomic E-state index is 0.593. The van der Waals surface area contributed by atoms with Crippen LogP contribution >= 0.6 is 0 Å². The number of aromatic nitrogens is 4. The Hall–Kier alpha value is -2.15. The lowest BCUT2D eigenvalue weighted by molar-refractivity contribution is -0.150. The number of H-pyrrole nitrogens is 1. The Balaban J connectivity index is 1.43. The molecule has 0 unspecified atom stereocenters. The minimum Gasteiger partial charge on any atom is -0.479 e. The zero-order valence-electron chi connectivity index (χ0n) is 15.1. The first-order valence-electron chi connectivity index (χ1n) is 9.65. The van der Waals surface area contributed by atoms with Crippen LogP contribution in [0.5, 0.6) is 0 Å². The van der Waals surface area contributed by atoms with Gasteiger partial charge >= 0.3 is 5.97 Å². The van der Waals surface area contributed by atoms with Crippen molar-refractivity contribution in [3.05, 3.63) is 36.2 Å². The van der Waals surface area contributed by atoms with Crippen molar-refractivity contribution in [3.8, 4) is 0 Å². The lowest BCUT2D eigenvalue weighted by Gasteiger charge is -2.39. The first-order valence-corrected chi connectivity index (χ1v) is 9.65. The van der Waals surface area contributed by atoms with Gasteiger partial charge in [0.05, 0.1) is 12.5 Å². The number of carboxylic acid groups (broad SMARTS) is 1. The zero-order valence-corrected chi connectivity index (χ0v) is 15.1. The molecule has 1 aliphatic heterocycles. The number of piperidine rings is 1. The van der Waals surface area contributed by atoms with Gasteiger partial charge in [0.15, 0.2) is 0 Å². The predicted octanol–water partition coefficient (Wildman–Crippen LogP) is 2.73. The molecule has 140 valence electrons. The van der Waals surface area contributed by atoms with Gasteiger partial charge in [-0.15, -0.1) is 0 Å². The topological polar surface area (TPSA) is 87.0 Å². The Morgan fingerprint density at radius 3 is 2.69 bits per heavy atom. The molecule has 26 heavy (non-hydrogen) atoms. The van der Waals surface area contributed by atoms with Gasteiger partial charge in [0, 0.05) is 49.2 Å². The Morgan fingerprint density at radius 1 is 1.27 bits per heavy atom. The quantitative estimate of drug-likeness (QED) is 0.859. The number of imidazole rings is 1. The molecule has 2 fully saturated rings. The van der Waals surface area contributed by atoms with Gasteiger partial charge in [0.1, 0.15) is 5.54 Å². The summed E-state index contributed by atoms with van der Waals surface area (Å²) in [7, 11) is 0. The Bertz CT molecular complexity index is 725. The molecule has 0 atom stereocenters. The van der Waals surface area contributed by atoms with Crippen LogP contribution in [0, 0.1) is 0 Å². The van der Waals surface area contributed by atoms with E-state index in [9.17, 15) is 9.90 Å². The second kappa shape index (κ2) is 7.23. The molecule has 7 heteroatoms. The number of aliphatic carboxylic acids is 1. The highest BCUT2D eigenvalue weighted by molar-refractivity contribution is 5.77. The van der Waals surface area contributed by atoms with Crippen molar-refractivity contribution in [2.24, 2.45) is 0 Å². The Kier molecular flexibility index (Phi) is 4.80. The molecule has 2 aliphatic rings. The molecule has 3 heterocycles.